The van der Waals surface area contributed by atoms with Gasteiger partial charge in [-0.2, -0.15) is 11.8 Å². The van der Waals surface area contributed by atoms with Gasteiger partial charge in [-0.15, -0.1) is 0 Å². The van der Waals surface area contributed by atoms with Gasteiger partial charge in [-0.05, 0) is 37.1 Å². The second-order valence-corrected chi connectivity index (χ2v) is 5.09. The van der Waals surface area contributed by atoms with E-state index < -0.39 is 0 Å². The first-order valence-corrected chi connectivity index (χ1v) is 6.92. The highest BCUT2D eigenvalue weighted by Gasteiger charge is 2.05. The summed E-state index contributed by atoms with van der Waals surface area (Å²) in [5, 5.41) is 7.09. The van der Waals surface area contributed by atoms with E-state index >= 15 is 0 Å². The summed E-state index contributed by atoms with van der Waals surface area (Å²) in [6.45, 7) is 5.85. The molecule has 0 aromatic rings. The highest BCUT2D eigenvalue weighted by Crippen LogP contribution is 2.02. The molecule has 0 heterocycles. The van der Waals surface area contributed by atoms with Crippen molar-refractivity contribution in [2.75, 3.05) is 32.3 Å². The summed E-state index contributed by atoms with van der Waals surface area (Å²) < 4.78 is 5.02. The molecular formula is C10H22N2OS2. The number of thioether (sulfide) groups is 1. The Labute approximate surface area is 103 Å². The average Bonchev–Trinajstić information content (AvgIpc) is 2.15. The summed E-state index contributed by atoms with van der Waals surface area (Å²) in [6, 6.07) is 0.255. The van der Waals surface area contributed by atoms with Crippen molar-refractivity contribution in [1.82, 2.24) is 10.6 Å². The largest absolute Gasteiger partial charge is 0.383 e. The molecule has 0 aliphatic heterocycles. The molecule has 0 bridgehead atoms. The summed E-state index contributed by atoms with van der Waals surface area (Å²) >= 11 is 7.02. The van der Waals surface area contributed by atoms with Gasteiger partial charge < -0.3 is 15.4 Å². The Balaban J connectivity index is 3.56. The van der Waals surface area contributed by atoms with E-state index in [1.165, 1.54) is 0 Å². The Bertz CT molecular complexity index is 179. The molecule has 0 radical (unpaired) electrons. The lowest BCUT2D eigenvalue weighted by Gasteiger charge is -2.18. The Hall–Kier alpha value is 0. The van der Waals surface area contributed by atoms with Crippen LogP contribution in [0.4, 0.5) is 0 Å². The van der Waals surface area contributed by atoms with Crippen LogP contribution in [0.25, 0.3) is 0 Å². The van der Waals surface area contributed by atoms with Gasteiger partial charge in [0.1, 0.15) is 0 Å². The maximum Gasteiger partial charge on any atom is 0.166 e. The number of hydrogen-bond acceptors (Lipinski definition) is 3. The van der Waals surface area contributed by atoms with Crippen LogP contribution in [0.3, 0.4) is 0 Å². The van der Waals surface area contributed by atoms with E-state index in [1.807, 2.05) is 18.7 Å². The molecule has 0 fully saturated rings. The van der Waals surface area contributed by atoms with Gasteiger partial charge in [0.25, 0.3) is 0 Å². The SMILES string of the molecule is COCC(C)NC(=S)NCC(C)CSC. The summed E-state index contributed by atoms with van der Waals surface area (Å²) in [5.74, 6) is 1.79. The summed E-state index contributed by atoms with van der Waals surface area (Å²) in [6.07, 6.45) is 2.12. The second-order valence-electron chi connectivity index (χ2n) is 3.77. The fourth-order valence-electron chi connectivity index (χ4n) is 1.18. The predicted octanol–water partition coefficient (Wildman–Crippen LogP) is 1.48. The van der Waals surface area contributed by atoms with Gasteiger partial charge in [-0.25, -0.2) is 0 Å². The van der Waals surface area contributed by atoms with Crippen molar-refractivity contribution in [3.63, 3.8) is 0 Å². The molecule has 0 aliphatic rings. The molecule has 0 saturated heterocycles. The lowest BCUT2D eigenvalue weighted by atomic mass is 10.2. The van der Waals surface area contributed by atoms with Crippen molar-refractivity contribution in [3.8, 4) is 0 Å². The van der Waals surface area contributed by atoms with E-state index in [-0.39, 0.29) is 6.04 Å². The van der Waals surface area contributed by atoms with Crippen molar-refractivity contribution in [3.05, 3.63) is 0 Å². The minimum atomic E-state index is 0.255. The van der Waals surface area contributed by atoms with Crippen LogP contribution in [0.1, 0.15) is 13.8 Å². The predicted molar refractivity (Wildman–Crippen MR) is 72.6 cm³/mol. The second kappa shape index (κ2) is 9.24. The smallest absolute Gasteiger partial charge is 0.166 e. The zero-order chi connectivity index (χ0) is 11.7. The molecule has 0 rings (SSSR count). The average molecular weight is 250 g/mol. The van der Waals surface area contributed by atoms with Gasteiger partial charge in [-0.3, -0.25) is 0 Å². The van der Waals surface area contributed by atoms with Crippen molar-refractivity contribution >= 4 is 29.1 Å². The number of thiocarbonyl (C=S) groups is 1. The first-order chi connectivity index (χ1) is 7.10. The quantitative estimate of drug-likeness (QED) is 0.669. The molecule has 0 amide bonds. The van der Waals surface area contributed by atoms with Crippen LogP contribution in [-0.4, -0.2) is 43.4 Å². The van der Waals surface area contributed by atoms with Gasteiger partial charge in [0.2, 0.25) is 0 Å². The number of hydrogen-bond donors (Lipinski definition) is 2. The molecule has 5 heteroatoms. The van der Waals surface area contributed by atoms with Gasteiger partial charge in [0.05, 0.1) is 6.61 Å². The Morgan fingerprint density at radius 3 is 2.67 bits per heavy atom. The fourth-order valence-corrected chi connectivity index (χ4v) is 2.15. The minimum Gasteiger partial charge on any atom is -0.383 e. The lowest BCUT2D eigenvalue weighted by Crippen LogP contribution is -2.43. The van der Waals surface area contributed by atoms with E-state index in [1.54, 1.807) is 7.11 Å². The molecule has 90 valence electrons. The third kappa shape index (κ3) is 8.96. The standard InChI is InChI=1S/C10H22N2OS2/c1-8(7-15-4)5-11-10(14)12-9(2)6-13-3/h8-9H,5-7H2,1-4H3,(H2,11,12,14). The molecule has 15 heavy (non-hydrogen) atoms. The van der Waals surface area contributed by atoms with Crippen molar-refractivity contribution in [1.29, 1.82) is 0 Å². The topological polar surface area (TPSA) is 33.3 Å². The molecule has 0 spiro atoms. The van der Waals surface area contributed by atoms with Crippen LogP contribution in [0.2, 0.25) is 0 Å². The Morgan fingerprint density at radius 1 is 1.47 bits per heavy atom. The number of nitrogens with one attached hydrogen (secondary N) is 2. The summed E-state index contributed by atoms with van der Waals surface area (Å²) in [4.78, 5) is 0. The third-order valence-electron chi connectivity index (χ3n) is 1.86. The van der Waals surface area contributed by atoms with Crippen LogP contribution >= 0.6 is 24.0 Å². The van der Waals surface area contributed by atoms with Crippen molar-refractivity contribution in [2.45, 2.75) is 19.9 Å². The van der Waals surface area contributed by atoms with Crippen LogP contribution in [-0.2, 0) is 4.74 Å². The van der Waals surface area contributed by atoms with E-state index in [2.05, 4.69) is 23.8 Å². The number of methoxy groups -OCH3 is 1. The van der Waals surface area contributed by atoms with Crippen LogP contribution in [0.5, 0.6) is 0 Å². The van der Waals surface area contributed by atoms with E-state index in [9.17, 15) is 0 Å². The highest BCUT2D eigenvalue weighted by molar-refractivity contribution is 7.98. The fraction of sp³-hybridized carbons (Fsp3) is 0.900. The van der Waals surface area contributed by atoms with Crippen LogP contribution < -0.4 is 10.6 Å². The van der Waals surface area contributed by atoms with E-state index in [0.29, 0.717) is 17.6 Å². The molecule has 0 aromatic carbocycles. The van der Waals surface area contributed by atoms with Crippen molar-refractivity contribution in [2.24, 2.45) is 5.92 Å². The summed E-state index contributed by atoms with van der Waals surface area (Å²) in [7, 11) is 1.69. The maximum atomic E-state index is 5.16. The Morgan fingerprint density at radius 2 is 2.13 bits per heavy atom. The molecule has 0 saturated carbocycles. The zero-order valence-electron chi connectivity index (χ0n) is 10.0. The Kier molecular flexibility index (Phi) is 9.24. The first kappa shape index (κ1) is 15.0. The molecule has 2 unspecified atom stereocenters. The monoisotopic (exact) mass is 250 g/mol. The van der Waals surface area contributed by atoms with E-state index in [4.69, 9.17) is 17.0 Å². The van der Waals surface area contributed by atoms with Gasteiger partial charge >= 0.3 is 0 Å². The van der Waals surface area contributed by atoms with Gasteiger partial charge in [0.15, 0.2) is 5.11 Å². The number of rotatable bonds is 7. The molecule has 0 aromatic heterocycles. The molecular weight excluding hydrogens is 228 g/mol. The first-order valence-electron chi connectivity index (χ1n) is 5.12. The van der Waals surface area contributed by atoms with E-state index in [0.717, 1.165) is 12.3 Å². The van der Waals surface area contributed by atoms with Crippen molar-refractivity contribution < 1.29 is 4.74 Å². The van der Waals surface area contributed by atoms with Gasteiger partial charge in [-0.1, -0.05) is 6.92 Å². The van der Waals surface area contributed by atoms with Crippen LogP contribution in [0, 0.1) is 5.92 Å². The van der Waals surface area contributed by atoms with Crippen LogP contribution in [0.15, 0.2) is 0 Å². The normalized spacial score (nSPS) is 14.4. The highest BCUT2D eigenvalue weighted by atomic mass is 32.2. The third-order valence-corrected chi connectivity index (χ3v) is 3.02. The lowest BCUT2D eigenvalue weighted by molar-refractivity contribution is 0.179. The van der Waals surface area contributed by atoms with Gasteiger partial charge in [0, 0.05) is 19.7 Å². The maximum absolute atomic E-state index is 5.16. The molecule has 0 aliphatic carbocycles. The minimum absolute atomic E-state index is 0.255. The molecule has 2 N–H and O–H groups in total. The summed E-state index contributed by atoms with van der Waals surface area (Å²) in [5.41, 5.74) is 0. The molecule has 3 nitrogen and oxygen atoms in total. The molecule has 2 atom stereocenters. The number of ether oxygens (including phenoxy) is 1. The zero-order valence-corrected chi connectivity index (χ0v) is 11.6.